The zero-order valence-electron chi connectivity index (χ0n) is 14.0. The van der Waals surface area contributed by atoms with Crippen LogP contribution in [-0.2, 0) is 9.47 Å². The van der Waals surface area contributed by atoms with Crippen LogP contribution in [0, 0.1) is 0 Å². The van der Waals surface area contributed by atoms with Gasteiger partial charge < -0.3 is 19.5 Å². The first kappa shape index (κ1) is 17.1. The van der Waals surface area contributed by atoms with Gasteiger partial charge in [-0.25, -0.2) is 9.59 Å². The van der Waals surface area contributed by atoms with E-state index in [2.05, 4.69) is 10.1 Å². The fourth-order valence-electron chi connectivity index (χ4n) is 2.03. The smallest absolute Gasteiger partial charge is 0.408 e. The fraction of sp³-hybridized carbons (Fsp3) is 0.529. The van der Waals surface area contributed by atoms with Crippen molar-refractivity contribution in [2.45, 2.75) is 44.8 Å². The predicted octanol–water partition coefficient (Wildman–Crippen LogP) is 2.91. The van der Waals surface area contributed by atoms with E-state index in [4.69, 9.17) is 9.47 Å². The van der Waals surface area contributed by atoms with Crippen molar-refractivity contribution in [3.63, 3.8) is 0 Å². The summed E-state index contributed by atoms with van der Waals surface area (Å²) in [5.41, 5.74) is -0.491. The minimum atomic E-state index is -0.532. The normalized spacial score (nSPS) is 15.5. The van der Waals surface area contributed by atoms with Crippen molar-refractivity contribution in [3.8, 4) is 5.75 Å². The molecule has 1 fully saturated rings. The van der Waals surface area contributed by atoms with Crippen LogP contribution in [0.15, 0.2) is 24.3 Å². The molecule has 1 aromatic rings. The monoisotopic (exact) mass is 321 g/mol. The largest absolute Gasteiger partial charge is 0.491 e. The van der Waals surface area contributed by atoms with Gasteiger partial charge in [0, 0.05) is 0 Å². The van der Waals surface area contributed by atoms with Gasteiger partial charge in [0.05, 0.1) is 18.2 Å². The number of carbonyl (C=O) groups is 2. The number of nitrogens with one attached hydrogen (secondary N) is 1. The summed E-state index contributed by atoms with van der Waals surface area (Å²) in [6.45, 7) is 5.79. The Labute approximate surface area is 136 Å². The third kappa shape index (κ3) is 5.16. The van der Waals surface area contributed by atoms with Crippen molar-refractivity contribution in [2.24, 2.45) is 0 Å². The van der Waals surface area contributed by atoms with E-state index in [1.165, 1.54) is 7.11 Å². The van der Waals surface area contributed by atoms with Crippen LogP contribution < -0.4 is 10.1 Å². The molecule has 0 aromatic heterocycles. The zero-order chi connectivity index (χ0) is 17.1. The minimum absolute atomic E-state index is 0.330. The molecule has 0 atom stereocenters. The molecule has 0 bridgehead atoms. The Bertz CT molecular complexity index is 587. The van der Waals surface area contributed by atoms with Crippen LogP contribution in [-0.4, -0.2) is 36.9 Å². The summed E-state index contributed by atoms with van der Waals surface area (Å²) < 4.78 is 15.7. The van der Waals surface area contributed by atoms with Crippen molar-refractivity contribution < 1.29 is 23.8 Å². The maximum Gasteiger partial charge on any atom is 0.408 e. The number of amides is 1. The van der Waals surface area contributed by atoms with Gasteiger partial charge in [0.25, 0.3) is 0 Å². The summed E-state index contributed by atoms with van der Waals surface area (Å²) in [5, 5.41) is 2.86. The van der Waals surface area contributed by atoms with Crippen LogP contribution in [0.4, 0.5) is 4.79 Å². The Morgan fingerprint density at radius 1 is 1.26 bits per heavy atom. The molecule has 2 rings (SSSR count). The van der Waals surface area contributed by atoms with Crippen molar-refractivity contribution in [2.75, 3.05) is 13.7 Å². The molecular weight excluding hydrogens is 298 g/mol. The van der Waals surface area contributed by atoms with Gasteiger partial charge in [-0.15, -0.1) is 0 Å². The third-order valence-corrected chi connectivity index (χ3v) is 3.39. The number of ether oxygens (including phenoxy) is 3. The first-order valence-electron chi connectivity index (χ1n) is 7.55. The van der Waals surface area contributed by atoms with Crippen molar-refractivity contribution in [3.05, 3.63) is 29.8 Å². The number of rotatable bonds is 5. The van der Waals surface area contributed by atoms with E-state index in [1.807, 2.05) is 20.8 Å². The molecule has 1 saturated carbocycles. The van der Waals surface area contributed by atoms with E-state index in [1.54, 1.807) is 24.3 Å². The number of esters is 1. The van der Waals surface area contributed by atoms with Gasteiger partial charge in [-0.05, 0) is 51.8 Å². The van der Waals surface area contributed by atoms with E-state index in [0.717, 1.165) is 12.8 Å². The second kappa shape index (κ2) is 6.48. The molecule has 6 heteroatoms. The topological polar surface area (TPSA) is 73.9 Å². The van der Waals surface area contributed by atoms with E-state index in [9.17, 15) is 9.59 Å². The zero-order valence-corrected chi connectivity index (χ0v) is 14.0. The average Bonchev–Trinajstić information content (AvgIpc) is 3.22. The SMILES string of the molecule is COC(=O)c1cccc(OCC2(NC(=O)OC(C)(C)C)CC2)c1. The Hall–Kier alpha value is -2.24. The van der Waals surface area contributed by atoms with Crippen LogP contribution >= 0.6 is 0 Å². The molecule has 1 N–H and O–H groups in total. The maximum atomic E-state index is 11.9. The van der Waals surface area contributed by atoms with Crippen LogP contribution in [0.1, 0.15) is 44.0 Å². The molecule has 126 valence electrons. The molecule has 1 amide bonds. The molecule has 0 spiro atoms. The molecule has 1 aliphatic rings. The standard InChI is InChI=1S/C17H23NO5/c1-16(2,3)23-15(20)18-17(8-9-17)11-22-13-7-5-6-12(10-13)14(19)21-4/h5-7,10H,8-9,11H2,1-4H3,(H,18,20). The number of hydrogen-bond acceptors (Lipinski definition) is 5. The quantitative estimate of drug-likeness (QED) is 0.844. The lowest BCUT2D eigenvalue weighted by atomic mass is 10.2. The lowest BCUT2D eigenvalue weighted by Gasteiger charge is -2.23. The highest BCUT2D eigenvalue weighted by atomic mass is 16.6. The Morgan fingerprint density at radius 3 is 2.52 bits per heavy atom. The van der Waals surface area contributed by atoms with Gasteiger partial charge in [0.2, 0.25) is 0 Å². The van der Waals surface area contributed by atoms with Crippen LogP contribution in [0.25, 0.3) is 0 Å². The van der Waals surface area contributed by atoms with Gasteiger partial charge in [-0.2, -0.15) is 0 Å². The maximum absolute atomic E-state index is 11.9. The summed E-state index contributed by atoms with van der Waals surface area (Å²) in [6.07, 6.45) is 1.23. The first-order valence-corrected chi connectivity index (χ1v) is 7.55. The van der Waals surface area contributed by atoms with Crippen molar-refractivity contribution >= 4 is 12.1 Å². The van der Waals surface area contributed by atoms with E-state index < -0.39 is 17.7 Å². The lowest BCUT2D eigenvalue weighted by molar-refractivity contribution is 0.0476. The van der Waals surface area contributed by atoms with Gasteiger partial charge >= 0.3 is 12.1 Å². The minimum Gasteiger partial charge on any atom is -0.491 e. The summed E-state index contributed by atoms with van der Waals surface area (Å²) in [5.74, 6) is 0.147. The second-order valence-corrected chi connectivity index (χ2v) is 6.72. The third-order valence-electron chi connectivity index (χ3n) is 3.39. The van der Waals surface area contributed by atoms with Crippen LogP contribution in [0.2, 0.25) is 0 Å². The second-order valence-electron chi connectivity index (χ2n) is 6.72. The number of methoxy groups -OCH3 is 1. The molecular formula is C17H23NO5. The number of alkyl carbamates (subject to hydrolysis) is 1. The molecule has 0 saturated heterocycles. The predicted molar refractivity (Wildman–Crippen MR) is 84.6 cm³/mol. The molecule has 1 aromatic carbocycles. The summed E-state index contributed by atoms with van der Waals surface area (Å²) in [7, 11) is 1.33. The highest BCUT2D eigenvalue weighted by Gasteiger charge is 2.46. The van der Waals surface area contributed by atoms with Gasteiger partial charge in [-0.1, -0.05) is 6.07 Å². The molecule has 0 unspecified atom stereocenters. The molecule has 0 radical (unpaired) electrons. The highest BCUT2D eigenvalue weighted by Crippen LogP contribution is 2.36. The summed E-state index contributed by atoms with van der Waals surface area (Å²) >= 11 is 0. The molecule has 1 aliphatic carbocycles. The van der Waals surface area contributed by atoms with E-state index in [0.29, 0.717) is 17.9 Å². The average molecular weight is 321 g/mol. The van der Waals surface area contributed by atoms with Gasteiger partial charge in [0.15, 0.2) is 0 Å². The fourth-order valence-corrected chi connectivity index (χ4v) is 2.03. The molecule has 0 aliphatic heterocycles. The van der Waals surface area contributed by atoms with E-state index in [-0.39, 0.29) is 5.54 Å². The molecule has 23 heavy (non-hydrogen) atoms. The van der Waals surface area contributed by atoms with Gasteiger partial charge in [-0.3, -0.25) is 0 Å². The Kier molecular flexibility index (Phi) is 4.82. The van der Waals surface area contributed by atoms with E-state index >= 15 is 0 Å². The van der Waals surface area contributed by atoms with Crippen LogP contribution in [0.3, 0.4) is 0 Å². The Balaban J connectivity index is 1.90. The highest BCUT2D eigenvalue weighted by molar-refractivity contribution is 5.89. The summed E-state index contributed by atoms with van der Waals surface area (Å²) in [4.78, 5) is 23.4. The first-order chi connectivity index (χ1) is 10.7. The van der Waals surface area contributed by atoms with Crippen molar-refractivity contribution in [1.82, 2.24) is 5.32 Å². The lowest BCUT2D eigenvalue weighted by Crippen LogP contribution is -2.44. The number of benzene rings is 1. The Morgan fingerprint density at radius 2 is 1.96 bits per heavy atom. The number of hydrogen-bond donors (Lipinski definition) is 1. The molecule has 6 nitrogen and oxygen atoms in total. The van der Waals surface area contributed by atoms with Gasteiger partial charge in [0.1, 0.15) is 18.0 Å². The number of carbonyl (C=O) groups excluding carboxylic acids is 2. The van der Waals surface area contributed by atoms with Crippen molar-refractivity contribution in [1.29, 1.82) is 0 Å². The molecule has 0 heterocycles. The van der Waals surface area contributed by atoms with Crippen LogP contribution in [0.5, 0.6) is 5.75 Å². The summed E-state index contributed by atoms with van der Waals surface area (Å²) in [6, 6.07) is 6.76.